The first kappa shape index (κ1) is 27.2. The Morgan fingerprint density at radius 2 is 1.32 bits per heavy atom. The maximum Gasteiger partial charge on any atom is 0.380 e. The van der Waals surface area contributed by atoms with Crippen LogP contribution in [-0.4, -0.2) is 42.7 Å². The van der Waals surface area contributed by atoms with E-state index in [1.54, 1.807) is 0 Å². The van der Waals surface area contributed by atoms with E-state index in [4.69, 9.17) is 10.8 Å². The number of nitrogens with two attached hydrogens (primary N) is 1. The molecule has 3 N–H and O–H groups in total. The molecule has 0 aliphatic rings. The van der Waals surface area contributed by atoms with Crippen molar-refractivity contribution < 1.29 is 24.5 Å². The summed E-state index contributed by atoms with van der Waals surface area (Å²) >= 11 is 0. The van der Waals surface area contributed by atoms with Gasteiger partial charge in [0.05, 0.1) is 0 Å². The number of Topliss-reactive ketones (excluding diaryl/α,β-unsaturated/α-hetero) is 1. The smallest absolute Gasteiger partial charge is 0.380 e. The van der Waals surface area contributed by atoms with Crippen molar-refractivity contribution in [2.75, 3.05) is 0 Å². The van der Waals surface area contributed by atoms with E-state index in [0.29, 0.717) is 12.5 Å². The molecule has 0 radical (unpaired) electrons. The Hall–Kier alpha value is -3.80. The normalized spacial score (nSPS) is 9.77. The molecule has 2 heterocycles. The van der Waals surface area contributed by atoms with E-state index < -0.39 is 21.6 Å². The zero-order chi connectivity index (χ0) is 24.1. The molecule has 0 bridgehead atoms. The highest BCUT2D eigenvalue weighted by Gasteiger charge is 2.17. The fourth-order valence-electron chi connectivity index (χ4n) is 1.80. The highest BCUT2D eigenvalue weighted by molar-refractivity contribution is 5.94. The van der Waals surface area contributed by atoms with Crippen LogP contribution in [0.15, 0.2) is 36.4 Å². The molecule has 0 spiro atoms. The van der Waals surface area contributed by atoms with E-state index in [-0.39, 0.29) is 28.9 Å². The average molecular weight is 435 g/mol. The van der Waals surface area contributed by atoms with Gasteiger partial charge in [-0.25, -0.2) is 4.79 Å². The summed E-state index contributed by atoms with van der Waals surface area (Å²) in [4.78, 5) is 48.0. The zero-order valence-corrected chi connectivity index (χ0v) is 17.6. The molecule has 0 unspecified atom stereocenters. The van der Waals surface area contributed by atoms with Crippen molar-refractivity contribution in [3.8, 4) is 0 Å². The first-order chi connectivity index (χ1) is 14.3. The summed E-state index contributed by atoms with van der Waals surface area (Å²) in [5.41, 5.74) is 4.95. The quantitative estimate of drug-likeness (QED) is 0.386. The molecular formula is C19H25N5O7. The Balaban J connectivity index is 0.000000504. The van der Waals surface area contributed by atoms with Crippen LogP contribution in [0.4, 0.5) is 11.6 Å². The minimum absolute atomic E-state index is 0.159. The van der Waals surface area contributed by atoms with Crippen LogP contribution in [0.2, 0.25) is 0 Å². The van der Waals surface area contributed by atoms with E-state index in [1.165, 1.54) is 30.3 Å². The van der Waals surface area contributed by atoms with Crippen molar-refractivity contribution in [2.45, 2.75) is 40.2 Å². The van der Waals surface area contributed by atoms with Crippen molar-refractivity contribution in [3.05, 3.63) is 68.0 Å². The second-order valence-corrected chi connectivity index (χ2v) is 6.85. The summed E-state index contributed by atoms with van der Waals surface area (Å²) in [5.74, 6) is -1.97. The minimum Gasteiger partial charge on any atom is -0.475 e. The number of nitro groups is 2. The van der Waals surface area contributed by atoms with Gasteiger partial charge in [-0.1, -0.05) is 27.7 Å². The maximum absolute atomic E-state index is 11.5. The van der Waals surface area contributed by atoms with E-state index in [0.717, 1.165) is 6.07 Å². The third-order valence-electron chi connectivity index (χ3n) is 2.94. The number of ketones is 1. The molecule has 0 saturated heterocycles. The third kappa shape index (κ3) is 11.7. The van der Waals surface area contributed by atoms with E-state index in [1.807, 2.05) is 27.7 Å². The lowest BCUT2D eigenvalue weighted by Crippen LogP contribution is -2.06. The number of pyridine rings is 2. The van der Waals surface area contributed by atoms with Gasteiger partial charge < -0.3 is 31.1 Å². The van der Waals surface area contributed by atoms with Crippen LogP contribution in [0.5, 0.6) is 0 Å². The van der Waals surface area contributed by atoms with Gasteiger partial charge in [0.15, 0.2) is 0 Å². The molecule has 12 heteroatoms. The van der Waals surface area contributed by atoms with Gasteiger partial charge >= 0.3 is 17.6 Å². The SMILES string of the molecule is CC(C)CC(=O)c1cccc([N+](=O)[O-])n1.CC(C)N.O=C(O)c1cccc([N+](=O)[O-])n1. The summed E-state index contributed by atoms with van der Waals surface area (Å²) < 4.78 is 0. The van der Waals surface area contributed by atoms with Gasteiger partial charge in [-0.3, -0.25) is 4.79 Å². The maximum atomic E-state index is 11.5. The number of rotatable bonds is 6. The number of aromatic carboxylic acids is 1. The van der Waals surface area contributed by atoms with Gasteiger partial charge in [0, 0.05) is 18.6 Å². The van der Waals surface area contributed by atoms with Crippen molar-refractivity contribution >= 4 is 23.4 Å². The fraction of sp³-hybridized carbons (Fsp3) is 0.368. The number of carbonyl (C=O) groups excluding carboxylic acids is 1. The van der Waals surface area contributed by atoms with Crippen LogP contribution in [0.1, 0.15) is 55.1 Å². The molecule has 0 aliphatic heterocycles. The summed E-state index contributed by atoms with van der Waals surface area (Å²) in [6.45, 7) is 7.71. The third-order valence-corrected chi connectivity index (χ3v) is 2.94. The number of hydrogen-bond acceptors (Lipinski definition) is 9. The van der Waals surface area contributed by atoms with E-state index in [9.17, 15) is 29.8 Å². The van der Waals surface area contributed by atoms with Gasteiger partial charge in [0.1, 0.15) is 0 Å². The Morgan fingerprint density at radius 1 is 0.935 bits per heavy atom. The molecule has 0 saturated carbocycles. The summed E-state index contributed by atoms with van der Waals surface area (Å²) in [6.07, 6.45) is 0.355. The number of carbonyl (C=O) groups is 2. The Morgan fingerprint density at radius 3 is 1.68 bits per heavy atom. The molecule has 2 aromatic rings. The fourth-order valence-corrected chi connectivity index (χ4v) is 1.80. The molecular weight excluding hydrogens is 410 g/mol. The molecule has 0 fully saturated rings. The molecule has 31 heavy (non-hydrogen) atoms. The van der Waals surface area contributed by atoms with Crippen LogP contribution in [-0.2, 0) is 0 Å². The molecule has 0 aromatic carbocycles. The molecule has 2 aromatic heterocycles. The van der Waals surface area contributed by atoms with Crippen molar-refractivity contribution in [1.82, 2.24) is 9.97 Å². The highest BCUT2D eigenvalue weighted by atomic mass is 16.6. The minimum atomic E-state index is -1.28. The Bertz CT molecular complexity index is 884. The first-order valence-corrected chi connectivity index (χ1v) is 9.10. The number of carboxylic acids is 1. The van der Waals surface area contributed by atoms with E-state index >= 15 is 0 Å². The lowest BCUT2D eigenvalue weighted by Gasteiger charge is -2.00. The molecule has 2 rings (SSSR count). The van der Waals surface area contributed by atoms with Crippen molar-refractivity contribution in [3.63, 3.8) is 0 Å². The predicted octanol–water partition coefficient (Wildman–Crippen LogP) is 3.26. The number of hydrogen-bond donors (Lipinski definition) is 2. The van der Waals surface area contributed by atoms with E-state index in [2.05, 4.69) is 9.97 Å². The summed E-state index contributed by atoms with van der Waals surface area (Å²) in [6, 6.07) is 8.17. The number of aromatic nitrogens is 2. The molecule has 12 nitrogen and oxygen atoms in total. The van der Waals surface area contributed by atoms with Gasteiger partial charge in [-0.05, 0) is 56.0 Å². The van der Waals surface area contributed by atoms with Crippen LogP contribution < -0.4 is 5.73 Å². The van der Waals surface area contributed by atoms with Gasteiger partial charge in [0.25, 0.3) is 5.69 Å². The first-order valence-electron chi connectivity index (χ1n) is 9.10. The standard InChI is InChI=1S/C10H12N2O3.C6H4N2O4.C3H9N/c1-7(2)6-9(13)8-4-3-5-10(11-8)12(14)15;9-6(10)4-2-1-3-5(7-4)8(11)12;1-3(2)4/h3-5,7H,6H2,1-2H3;1-3H,(H,9,10);3H,4H2,1-2H3. The van der Waals surface area contributed by atoms with Crippen LogP contribution in [0, 0.1) is 26.1 Å². The molecule has 0 amide bonds. The number of nitrogens with zero attached hydrogens (tertiary/aromatic N) is 4. The van der Waals surface area contributed by atoms with Gasteiger partial charge in [-0.2, -0.15) is 0 Å². The monoisotopic (exact) mass is 435 g/mol. The molecule has 0 atom stereocenters. The van der Waals surface area contributed by atoms with Crippen LogP contribution in [0.25, 0.3) is 0 Å². The van der Waals surface area contributed by atoms with Gasteiger partial charge in [-0.15, -0.1) is 0 Å². The topological polar surface area (TPSA) is 192 Å². The summed E-state index contributed by atoms with van der Waals surface area (Å²) in [7, 11) is 0. The Kier molecular flexibility index (Phi) is 11.8. The molecule has 0 aliphatic carbocycles. The van der Waals surface area contributed by atoms with Crippen LogP contribution >= 0.6 is 0 Å². The number of carboxylic acid groups (broad SMARTS) is 1. The lowest BCUT2D eigenvalue weighted by molar-refractivity contribution is -0.389. The summed E-state index contributed by atoms with van der Waals surface area (Å²) in [5, 5.41) is 29.0. The largest absolute Gasteiger partial charge is 0.475 e. The molecule has 168 valence electrons. The lowest BCUT2D eigenvalue weighted by atomic mass is 10.1. The second-order valence-electron chi connectivity index (χ2n) is 6.85. The average Bonchev–Trinajstić information content (AvgIpc) is 2.67. The Labute approximate surface area is 178 Å². The van der Waals surface area contributed by atoms with Crippen LogP contribution in [0.3, 0.4) is 0 Å². The second kappa shape index (κ2) is 13.4. The predicted molar refractivity (Wildman–Crippen MR) is 112 cm³/mol. The highest BCUT2D eigenvalue weighted by Crippen LogP contribution is 2.11. The van der Waals surface area contributed by atoms with Crippen molar-refractivity contribution in [2.24, 2.45) is 11.7 Å². The zero-order valence-electron chi connectivity index (χ0n) is 17.6. The van der Waals surface area contributed by atoms with Gasteiger partial charge in [0.2, 0.25) is 11.5 Å². The van der Waals surface area contributed by atoms with Crippen molar-refractivity contribution in [1.29, 1.82) is 0 Å².